The first-order chi connectivity index (χ1) is 11.8. The van der Waals surface area contributed by atoms with Gasteiger partial charge in [-0.05, 0) is 24.0 Å². The van der Waals surface area contributed by atoms with Crippen molar-refractivity contribution in [3.05, 3.63) is 47.2 Å². The first-order valence-electron chi connectivity index (χ1n) is 8.18. The van der Waals surface area contributed by atoms with Gasteiger partial charge in [-0.25, -0.2) is 4.99 Å². The first-order valence-corrected chi connectivity index (χ1v) is 8.18. The number of hydrogen-bond acceptors (Lipinski definition) is 5. The summed E-state index contributed by atoms with van der Waals surface area (Å²) in [5.74, 6) is 2.33. The molecule has 1 aliphatic carbocycles. The van der Waals surface area contributed by atoms with Gasteiger partial charge in [-0.15, -0.1) is 0 Å². The number of H-pyrrole nitrogens is 1. The number of nitriles is 1. The van der Waals surface area contributed by atoms with E-state index in [-0.39, 0.29) is 6.17 Å². The van der Waals surface area contributed by atoms with Crippen LogP contribution in [0.3, 0.4) is 0 Å². The van der Waals surface area contributed by atoms with Gasteiger partial charge in [0.2, 0.25) is 0 Å². The number of anilines is 1. The summed E-state index contributed by atoms with van der Waals surface area (Å²) in [6, 6.07) is 12.1. The molecule has 1 unspecified atom stereocenters. The lowest BCUT2D eigenvalue weighted by atomic mass is 10.1. The molecule has 0 amide bonds. The van der Waals surface area contributed by atoms with Crippen LogP contribution in [0.4, 0.5) is 5.82 Å². The Bertz CT molecular complexity index is 820. The Hall–Kier alpha value is -2.94. The van der Waals surface area contributed by atoms with Crippen LogP contribution in [0.25, 0.3) is 0 Å². The number of aliphatic imine (C=N–C) groups is 2. The van der Waals surface area contributed by atoms with Crippen molar-refractivity contribution in [2.75, 3.05) is 5.32 Å². The smallest absolute Gasteiger partial charge is 0.166 e. The molecule has 1 aromatic carbocycles. The second-order valence-corrected chi connectivity index (χ2v) is 6.17. The van der Waals surface area contributed by atoms with Gasteiger partial charge < -0.3 is 5.32 Å². The number of amidine groups is 1. The third-order valence-electron chi connectivity index (χ3n) is 4.26. The maximum atomic E-state index is 8.74. The number of nitrogens with zero attached hydrogens (tertiary/aromatic N) is 4. The van der Waals surface area contributed by atoms with E-state index in [2.05, 4.69) is 37.6 Å². The van der Waals surface area contributed by atoms with Gasteiger partial charge in [-0.2, -0.15) is 10.4 Å². The average Bonchev–Trinajstić information content (AvgIpc) is 3.36. The van der Waals surface area contributed by atoms with Crippen LogP contribution in [-0.4, -0.2) is 22.2 Å². The molecule has 0 saturated heterocycles. The lowest BCUT2D eigenvalue weighted by molar-refractivity contribution is 0.768. The van der Waals surface area contributed by atoms with Crippen molar-refractivity contribution in [2.45, 2.75) is 37.8 Å². The van der Waals surface area contributed by atoms with Gasteiger partial charge >= 0.3 is 0 Å². The standard InChI is InChI=1S/C18H18N6/c19-9-7-12-1-3-14(4-2-12)18-20-10-8-16(22-18)21-17-11-15(23-24-17)13-5-6-13/h1-4,10-11,13,18H,5-8H2,(H2,21,22,23,24). The minimum atomic E-state index is -0.237. The van der Waals surface area contributed by atoms with E-state index in [4.69, 9.17) is 5.26 Å². The predicted octanol–water partition coefficient (Wildman–Crippen LogP) is 3.34. The largest absolute Gasteiger partial charge is 0.327 e. The highest BCUT2D eigenvalue weighted by Gasteiger charge is 2.25. The molecule has 24 heavy (non-hydrogen) atoms. The zero-order valence-corrected chi connectivity index (χ0v) is 13.2. The Morgan fingerprint density at radius 1 is 1.25 bits per heavy atom. The third kappa shape index (κ3) is 3.20. The Morgan fingerprint density at radius 3 is 2.83 bits per heavy atom. The highest BCUT2D eigenvalue weighted by molar-refractivity contribution is 6.03. The topological polar surface area (TPSA) is 89.2 Å². The van der Waals surface area contributed by atoms with E-state index in [0.717, 1.165) is 22.8 Å². The Balaban J connectivity index is 1.47. The van der Waals surface area contributed by atoms with Crippen molar-refractivity contribution in [3.8, 4) is 6.07 Å². The molecule has 1 aromatic heterocycles. The Labute approximate surface area is 140 Å². The third-order valence-corrected chi connectivity index (χ3v) is 4.26. The lowest BCUT2D eigenvalue weighted by Gasteiger charge is -2.16. The zero-order chi connectivity index (χ0) is 16.4. The summed E-state index contributed by atoms with van der Waals surface area (Å²) >= 11 is 0. The van der Waals surface area contributed by atoms with Gasteiger partial charge in [0.05, 0.1) is 12.5 Å². The number of hydrogen-bond donors (Lipinski definition) is 2. The highest BCUT2D eigenvalue weighted by atomic mass is 15.2. The van der Waals surface area contributed by atoms with Crippen LogP contribution in [0.15, 0.2) is 40.3 Å². The molecule has 2 aliphatic rings. The molecule has 120 valence electrons. The van der Waals surface area contributed by atoms with Gasteiger partial charge in [-0.3, -0.25) is 10.1 Å². The average molecular weight is 318 g/mol. The maximum Gasteiger partial charge on any atom is 0.166 e. The Kier molecular flexibility index (Phi) is 3.83. The maximum absolute atomic E-state index is 8.74. The molecule has 6 heteroatoms. The van der Waals surface area contributed by atoms with E-state index < -0.39 is 0 Å². The van der Waals surface area contributed by atoms with E-state index in [9.17, 15) is 0 Å². The molecule has 0 bridgehead atoms. The van der Waals surface area contributed by atoms with Crippen molar-refractivity contribution in [2.24, 2.45) is 9.98 Å². The van der Waals surface area contributed by atoms with Crippen molar-refractivity contribution in [3.63, 3.8) is 0 Å². The fourth-order valence-corrected chi connectivity index (χ4v) is 2.77. The number of benzene rings is 1. The molecule has 0 radical (unpaired) electrons. The van der Waals surface area contributed by atoms with Gasteiger partial charge in [0.25, 0.3) is 0 Å². The number of rotatable bonds is 4. The summed E-state index contributed by atoms with van der Waals surface area (Å²) in [6.07, 6.45) is 5.25. The van der Waals surface area contributed by atoms with Crippen molar-refractivity contribution >= 4 is 17.9 Å². The summed E-state index contributed by atoms with van der Waals surface area (Å²) in [4.78, 5) is 9.15. The van der Waals surface area contributed by atoms with E-state index in [1.54, 1.807) is 0 Å². The number of nitrogens with one attached hydrogen (secondary N) is 2. The molecule has 4 rings (SSSR count). The molecule has 2 N–H and O–H groups in total. The van der Waals surface area contributed by atoms with Crippen LogP contribution in [0.1, 0.15) is 48.2 Å². The van der Waals surface area contributed by atoms with Gasteiger partial charge in [0.15, 0.2) is 12.0 Å². The van der Waals surface area contributed by atoms with E-state index in [1.165, 1.54) is 18.5 Å². The minimum Gasteiger partial charge on any atom is -0.327 e. The molecule has 1 atom stereocenters. The Morgan fingerprint density at radius 2 is 2.08 bits per heavy atom. The number of aromatic amines is 1. The summed E-state index contributed by atoms with van der Waals surface area (Å²) in [5, 5.41) is 19.4. The second kappa shape index (κ2) is 6.28. The lowest BCUT2D eigenvalue weighted by Crippen LogP contribution is -2.17. The van der Waals surface area contributed by atoms with E-state index in [1.807, 2.05) is 30.5 Å². The second-order valence-electron chi connectivity index (χ2n) is 6.17. The van der Waals surface area contributed by atoms with E-state index >= 15 is 0 Å². The monoisotopic (exact) mass is 318 g/mol. The molecule has 6 nitrogen and oxygen atoms in total. The first kappa shape index (κ1) is 14.6. The fraction of sp³-hybridized carbons (Fsp3) is 0.333. The van der Waals surface area contributed by atoms with Crippen LogP contribution in [0, 0.1) is 11.3 Å². The normalized spacial score (nSPS) is 19.6. The van der Waals surface area contributed by atoms with Gasteiger partial charge in [0, 0.05) is 30.3 Å². The van der Waals surface area contributed by atoms with E-state index in [0.29, 0.717) is 18.8 Å². The van der Waals surface area contributed by atoms with Crippen molar-refractivity contribution in [1.82, 2.24) is 10.2 Å². The highest BCUT2D eigenvalue weighted by Crippen LogP contribution is 2.39. The molecule has 1 fully saturated rings. The molecule has 1 aliphatic heterocycles. The summed E-state index contributed by atoms with van der Waals surface area (Å²) in [7, 11) is 0. The fourth-order valence-electron chi connectivity index (χ4n) is 2.77. The van der Waals surface area contributed by atoms with Crippen molar-refractivity contribution in [1.29, 1.82) is 5.26 Å². The van der Waals surface area contributed by atoms with Crippen LogP contribution in [0.2, 0.25) is 0 Å². The van der Waals surface area contributed by atoms with Crippen LogP contribution in [0.5, 0.6) is 0 Å². The quantitative estimate of drug-likeness (QED) is 0.906. The molecule has 1 saturated carbocycles. The zero-order valence-electron chi connectivity index (χ0n) is 13.2. The summed E-state index contributed by atoms with van der Waals surface area (Å²) in [5.41, 5.74) is 3.23. The molecular weight excluding hydrogens is 300 g/mol. The SMILES string of the molecule is N#CCc1ccc(C2N=CCC(Nc3cc(C4CC4)[nH]n3)=N2)cc1. The summed E-state index contributed by atoms with van der Waals surface area (Å²) in [6.45, 7) is 0. The predicted molar refractivity (Wildman–Crippen MR) is 93.2 cm³/mol. The molecule has 0 spiro atoms. The molecular formula is C18H18N6. The number of aromatic nitrogens is 2. The van der Waals surface area contributed by atoms with Gasteiger partial charge in [-0.1, -0.05) is 24.3 Å². The summed E-state index contributed by atoms with van der Waals surface area (Å²) < 4.78 is 0. The minimum absolute atomic E-state index is 0.237. The van der Waals surface area contributed by atoms with Gasteiger partial charge in [0.1, 0.15) is 5.84 Å². The molecule has 2 aromatic rings. The van der Waals surface area contributed by atoms with Crippen LogP contribution >= 0.6 is 0 Å². The van der Waals surface area contributed by atoms with Crippen LogP contribution in [-0.2, 0) is 6.42 Å². The van der Waals surface area contributed by atoms with Crippen molar-refractivity contribution < 1.29 is 0 Å². The molecule has 2 heterocycles. The van der Waals surface area contributed by atoms with Crippen LogP contribution < -0.4 is 5.32 Å².